The summed E-state index contributed by atoms with van der Waals surface area (Å²) in [4.78, 5) is 14.2. The molecular weight excluding hydrogens is 340 g/mol. The predicted octanol–water partition coefficient (Wildman–Crippen LogP) is 3.37. The quantitative estimate of drug-likeness (QED) is 0.855. The van der Waals surface area contributed by atoms with Gasteiger partial charge in [0.1, 0.15) is 5.69 Å². The molecule has 1 rings (SSSR count). The number of pyridine rings is 1. The molecule has 0 bridgehead atoms. The molecular formula is C8H5Br2F2NO2. The van der Waals surface area contributed by atoms with Crippen LogP contribution in [0, 0.1) is 0 Å². The Labute approximate surface area is 101 Å². The van der Waals surface area contributed by atoms with Crippen molar-refractivity contribution in [1.29, 1.82) is 0 Å². The average Bonchev–Trinajstić information content (AvgIpc) is 2.16. The molecule has 82 valence electrons. The molecule has 0 aliphatic heterocycles. The molecule has 7 heteroatoms. The maximum atomic E-state index is 12.3. The Morgan fingerprint density at radius 2 is 2.20 bits per heavy atom. The highest BCUT2D eigenvalue weighted by Gasteiger charge is 2.19. The molecule has 0 radical (unpaired) electrons. The van der Waals surface area contributed by atoms with E-state index < -0.39 is 18.1 Å². The number of alkyl halides is 3. The van der Waals surface area contributed by atoms with Crippen LogP contribution in [0.2, 0.25) is 0 Å². The summed E-state index contributed by atoms with van der Waals surface area (Å²) in [6, 6.07) is 1.12. The molecule has 0 aliphatic carbocycles. The van der Waals surface area contributed by atoms with Gasteiger partial charge in [0.25, 0.3) is 6.43 Å². The number of carboxylic acid groups (broad SMARTS) is 1. The Balaban J connectivity index is 3.38. The van der Waals surface area contributed by atoms with Crippen LogP contribution in [0.3, 0.4) is 0 Å². The van der Waals surface area contributed by atoms with Crippen molar-refractivity contribution < 1.29 is 18.7 Å². The third-order valence-corrected chi connectivity index (χ3v) is 2.92. The smallest absolute Gasteiger partial charge is 0.354 e. The number of hydrogen-bond acceptors (Lipinski definition) is 2. The van der Waals surface area contributed by atoms with E-state index in [2.05, 4.69) is 36.8 Å². The second kappa shape index (κ2) is 4.98. The zero-order chi connectivity index (χ0) is 11.6. The van der Waals surface area contributed by atoms with Gasteiger partial charge in [-0.2, -0.15) is 0 Å². The van der Waals surface area contributed by atoms with Crippen LogP contribution in [-0.2, 0) is 5.33 Å². The molecule has 0 spiro atoms. The molecule has 1 aromatic rings. The molecule has 0 amide bonds. The molecule has 3 nitrogen and oxygen atoms in total. The van der Waals surface area contributed by atoms with Gasteiger partial charge in [-0.25, -0.2) is 18.6 Å². The van der Waals surface area contributed by atoms with Crippen molar-refractivity contribution in [1.82, 2.24) is 4.98 Å². The second-order valence-electron chi connectivity index (χ2n) is 2.60. The van der Waals surface area contributed by atoms with E-state index in [-0.39, 0.29) is 11.0 Å². The van der Waals surface area contributed by atoms with Crippen LogP contribution in [-0.4, -0.2) is 16.1 Å². The van der Waals surface area contributed by atoms with Crippen molar-refractivity contribution in [2.24, 2.45) is 0 Å². The topological polar surface area (TPSA) is 50.2 Å². The van der Waals surface area contributed by atoms with Gasteiger partial charge in [-0.15, -0.1) is 0 Å². The lowest BCUT2D eigenvalue weighted by Crippen LogP contribution is -2.08. The Kier molecular flexibility index (Phi) is 4.15. The Morgan fingerprint density at radius 1 is 1.60 bits per heavy atom. The predicted molar refractivity (Wildman–Crippen MR) is 56.5 cm³/mol. The number of carbonyl (C=O) groups is 1. The fraction of sp³-hybridized carbons (Fsp3) is 0.250. The van der Waals surface area contributed by atoms with Crippen molar-refractivity contribution in [3.63, 3.8) is 0 Å². The van der Waals surface area contributed by atoms with Gasteiger partial charge in [0.15, 0.2) is 5.69 Å². The summed E-state index contributed by atoms with van der Waals surface area (Å²) in [5.41, 5.74) is -0.576. The Morgan fingerprint density at radius 3 is 2.60 bits per heavy atom. The summed E-state index contributed by atoms with van der Waals surface area (Å²) in [5, 5.41) is 9.01. The van der Waals surface area contributed by atoms with E-state index >= 15 is 0 Å². The molecule has 1 aromatic heterocycles. The molecule has 0 fully saturated rings. The lowest BCUT2D eigenvalue weighted by molar-refractivity contribution is 0.0687. The second-order valence-corrected chi connectivity index (χ2v) is 4.01. The number of aromatic nitrogens is 1. The minimum Gasteiger partial charge on any atom is -0.477 e. The summed E-state index contributed by atoms with van der Waals surface area (Å²) < 4.78 is 25.0. The fourth-order valence-electron chi connectivity index (χ4n) is 0.975. The standard InChI is InChI=1S/C8H5Br2F2NO2/c9-2-3-4(10)1-5(7(11)12)13-6(3)8(14)15/h1,7H,2H2,(H,14,15). The van der Waals surface area contributed by atoms with E-state index in [0.717, 1.165) is 6.07 Å². The first-order valence-corrected chi connectivity index (χ1v) is 5.65. The number of carboxylic acids is 1. The third-order valence-electron chi connectivity index (χ3n) is 1.65. The minimum atomic E-state index is -2.79. The molecule has 1 heterocycles. The SMILES string of the molecule is O=C(O)c1nc(C(F)F)cc(Br)c1CBr. The van der Waals surface area contributed by atoms with Crippen molar-refractivity contribution in [2.75, 3.05) is 0 Å². The molecule has 15 heavy (non-hydrogen) atoms. The van der Waals surface area contributed by atoms with Crippen molar-refractivity contribution >= 4 is 37.8 Å². The van der Waals surface area contributed by atoms with Gasteiger partial charge < -0.3 is 5.11 Å². The summed E-state index contributed by atoms with van der Waals surface area (Å²) in [6.07, 6.45) is -2.79. The van der Waals surface area contributed by atoms with Crippen LogP contribution in [0.25, 0.3) is 0 Å². The van der Waals surface area contributed by atoms with Gasteiger partial charge in [-0.3, -0.25) is 0 Å². The summed E-state index contributed by atoms with van der Waals surface area (Å²) in [7, 11) is 0. The van der Waals surface area contributed by atoms with Crippen LogP contribution in [0.4, 0.5) is 8.78 Å². The van der Waals surface area contributed by atoms with Gasteiger partial charge in [-0.05, 0) is 6.07 Å². The van der Waals surface area contributed by atoms with Gasteiger partial charge in [0.2, 0.25) is 0 Å². The van der Waals surface area contributed by atoms with Gasteiger partial charge in [0.05, 0.1) is 0 Å². The minimum absolute atomic E-state index is 0.228. The van der Waals surface area contributed by atoms with E-state index in [1.54, 1.807) is 0 Å². The van der Waals surface area contributed by atoms with Gasteiger partial charge >= 0.3 is 5.97 Å². The first kappa shape index (κ1) is 12.5. The average molecular weight is 345 g/mol. The number of rotatable bonds is 3. The number of aromatic carboxylic acids is 1. The van der Waals surface area contributed by atoms with E-state index in [9.17, 15) is 13.6 Å². The highest BCUT2D eigenvalue weighted by molar-refractivity contribution is 9.10. The van der Waals surface area contributed by atoms with Crippen LogP contribution >= 0.6 is 31.9 Å². The molecule has 0 saturated heterocycles. The Hall–Kier alpha value is -0.560. The highest BCUT2D eigenvalue weighted by atomic mass is 79.9. The van der Waals surface area contributed by atoms with Crippen molar-refractivity contribution in [3.05, 3.63) is 27.5 Å². The monoisotopic (exact) mass is 343 g/mol. The molecule has 0 aliphatic rings. The van der Waals surface area contributed by atoms with Crippen molar-refractivity contribution in [2.45, 2.75) is 11.8 Å². The normalized spacial score (nSPS) is 10.7. The summed E-state index contributed by atoms with van der Waals surface area (Å²) in [6.45, 7) is 0. The van der Waals surface area contributed by atoms with E-state index in [1.807, 2.05) is 0 Å². The van der Waals surface area contributed by atoms with E-state index in [0.29, 0.717) is 10.0 Å². The molecule has 0 saturated carbocycles. The maximum Gasteiger partial charge on any atom is 0.354 e. The summed E-state index contributed by atoms with van der Waals surface area (Å²) >= 11 is 6.10. The zero-order valence-electron chi connectivity index (χ0n) is 7.18. The molecule has 0 atom stereocenters. The van der Waals surface area contributed by atoms with Crippen LogP contribution in [0.5, 0.6) is 0 Å². The fourth-order valence-corrected chi connectivity index (χ4v) is 2.48. The van der Waals surface area contributed by atoms with Gasteiger partial charge in [0, 0.05) is 15.4 Å². The molecule has 0 unspecified atom stereocenters. The molecule has 1 N–H and O–H groups in total. The van der Waals surface area contributed by atoms with Crippen LogP contribution < -0.4 is 0 Å². The summed E-state index contributed by atoms with van der Waals surface area (Å²) in [5.74, 6) is -1.33. The number of hydrogen-bond donors (Lipinski definition) is 1. The highest BCUT2D eigenvalue weighted by Crippen LogP contribution is 2.27. The van der Waals surface area contributed by atoms with E-state index in [1.165, 1.54) is 0 Å². The largest absolute Gasteiger partial charge is 0.477 e. The Bertz CT molecular complexity index is 398. The molecule has 0 aromatic carbocycles. The van der Waals surface area contributed by atoms with Gasteiger partial charge in [-0.1, -0.05) is 31.9 Å². The maximum absolute atomic E-state index is 12.3. The number of halogens is 4. The van der Waals surface area contributed by atoms with Crippen molar-refractivity contribution in [3.8, 4) is 0 Å². The lowest BCUT2D eigenvalue weighted by Gasteiger charge is -2.07. The number of nitrogens with zero attached hydrogens (tertiary/aromatic N) is 1. The van der Waals surface area contributed by atoms with Crippen LogP contribution in [0.15, 0.2) is 10.5 Å². The van der Waals surface area contributed by atoms with Crippen LogP contribution in [0.1, 0.15) is 28.2 Å². The lowest BCUT2D eigenvalue weighted by atomic mass is 10.2. The van der Waals surface area contributed by atoms with E-state index in [4.69, 9.17) is 5.11 Å². The first-order valence-electron chi connectivity index (χ1n) is 3.74. The first-order chi connectivity index (χ1) is 6.97. The third kappa shape index (κ3) is 2.72. The zero-order valence-corrected chi connectivity index (χ0v) is 10.3.